The largest absolute Gasteiger partial charge is 0.508 e. The molecule has 3 rings (SSSR count). The van der Waals surface area contributed by atoms with E-state index in [1.807, 2.05) is 0 Å². The van der Waals surface area contributed by atoms with Crippen LogP contribution in [-0.2, 0) is 5.41 Å². The molecule has 2 aromatic carbocycles. The molecule has 0 saturated heterocycles. The number of hydrogen-bond acceptors (Lipinski definition) is 1. The second-order valence-corrected chi connectivity index (χ2v) is 6.91. The molecule has 0 bridgehead atoms. The lowest BCUT2D eigenvalue weighted by atomic mass is 9.63. The zero-order chi connectivity index (χ0) is 18.2. The number of phenolic OH excluding ortho intramolecular Hbond substituents is 1. The molecule has 2 aromatic rings. The summed E-state index contributed by atoms with van der Waals surface area (Å²) in [5, 5.41) is 9.54. The van der Waals surface area contributed by atoms with E-state index < -0.39 is 17.5 Å². The quantitative estimate of drug-likeness (QED) is 0.669. The molecule has 0 aliphatic heterocycles. The molecule has 0 heterocycles. The summed E-state index contributed by atoms with van der Waals surface area (Å²) in [7, 11) is 0. The molecule has 1 fully saturated rings. The number of rotatable bonds is 2. The van der Waals surface area contributed by atoms with Crippen molar-refractivity contribution in [3.63, 3.8) is 0 Å². The van der Waals surface area contributed by atoms with Crippen molar-refractivity contribution in [2.75, 3.05) is 0 Å². The summed E-state index contributed by atoms with van der Waals surface area (Å²) in [5.74, 6) is -1.51. The van der Waals surface area contributed by atoms with Crippen LogP contribution in [-0.4, -0.2) is 11.3 Å². The van der Waals surface area contributed by atoms with Crippen LogP contribution in [0.3, 0.4) is 0 Å². The van der Waals surface area contributed by atoms with Gasteiger partial charge in [-0.05, 0) is 67.5 Å². The Balaban J connectivity index is 2.04. The highest BCUT2D eigenvalue weighted by atomic mass is 19.4. The predicted octanol–water partition coefficient (Wildman–Crippen LogP) is 5.88. The molecule has 1 saturated carbocycles. The van der Waals surface area contributed by atoms with E-state index in [1.165, 1.54) is 6.07 Å². The van der Waals surface area contributed by atoms with Crippen LogP contribution in [0.2, 0.25) is 0 Å². The SMILES string of the molecule is Cc1cc(C2(c3ccc(O)cc3)CCC(C(F)(F)F)CC2)ccc1F. The van der Waals surface area contributed by atoms with E-state index in [4.69, 9.17) is 0 Å². The number of phenols is 1. The number of alkyl halides is 3. The third-order valence-corrected chi connectivity index (χ3v) is 5.43. The van der Waals surface area contributed by atoms with Crippen LogP contribution in [0.15, 0.2) is 42.5 Å². The van der Waals surface area contributed by atoms with E-state index in [0.717, 1.165) is 11.1 Å². The van der Waals surface area contributed by atoms with Crippen LogP contribution in [0.5, 0.6) is 5.75 Å². The fourth-order valence-electron chi connectivity index (χ4n) is 3.90. The van der Waals surface area contributed by atoms with Crippen LogP contribution in [0, 0.1) is 18.7 Å². The summed E-state index contributed by atoms with van der Waals surface area (Å²) in [6.45, 7) is 1.66. The van der Waals surface area contributed by atoms with Gasteiger partial charge >= 0.3 is 6.18 Å². The van der Waals surface area contributed by atoms with Gasteiger partial charge in [-0.15, -0.1) is 0 Å². The van der Waals surface area contributed by atoms with Gasteiger partial charge < -0.3 is 5.11 Å². The zero-order valence-corrected chi connectivity index (χ0v) is 13.9. The molecule has 1 aliphatic carbocycles. The van der Waals surface area contributed by atoms with Crippen molar-refractivity contribution in [3.8, 4) is 5.75 Å². The lowest BCUT2D eigenvalue weighted by Gasteiger charge is -2.42. The lowest BCUT2D eigenvalue weighted by molar-refractivity contribution is -0.184. The van der Waals surface area contributed by atoms with Gasteiger partial charge in [-0.2, -0.15) is 13.2 Å². The molecule has 25 heavy (non-hydrogen) atoms. The number of aromatic hydroxyl groups is 1. The van der Waals surface area contributed by atoms with Crippen molar-refractivity contribution in [1.82, 2.24) is 0 Å². The van der Waals surface area contributed by atoms with Gasteiger partial charge in [0.05, 0.1) is 5.92 Å². The minimum atomic E-state index is -4.18. The van der Waals surface area contributed by atoms with E-state index in [1.54, 1.807) is 43.3 Å². The average Bonchev–Trinajstić information content (AvgIpc) is 2.57. The Morgan fingerprint density at radius 2 is 1.52 bits per heavy atom. The second-order valence-electron chi connectivity index (χ2n) is 6.91. The fourth-order valence-corrected chi connectivity index (χ4v) is 3.90. The molecule has 134 valence electrons. The first-order chi connectivity index (χ1) is 11.7. The highest BCUT2D eigenvalue weighted by Crippen LogP contribution is 2.50. The lowest BCUT2D eigenvalue weighted by Crippen LogP contribution is -2.37. The smallest absolute Gasteiger partial charge is 0.391 e. The Kier molecular flexibility index (Phi) is 4.52. The van der Waals surface area contributed by atoms with E-state index in [9.17, 15) is 22.7 Å². The van der Waals surface area contributed by atoms with Gasteiger partial charge in [-0.25, -0.2) is 4.39 Å². The highest BCUT2D eigenvalue weighted by Gasteiger charge is 2.47. The van der Waals surface area contributed by atoms with E-state index >= 15 is 0 Å². The predicted molar refractivity (Wildman–Crippen MR) is 88.0 cm³/mol. The first kappa shape index (κ1) is 17.8. The molecule has 0 spiro atoms. The first-order valence-electron chi connectivity index (χ1n) is 8.35. The van der Waals surface area contributed by atoms with Crippen LogP contribution in [0.25, 0.3) is 0 Å². The molecule has 1 N–H and O–H groups in total. The maximum absolute atomic E-state index is 13.7. The van der Waals surface area contributed by atoms with Gasteiger partial charge in [0, 0.05) is 5.41 Å². The maximum Gasteiger partial charge on any atom is 0.391 e. The molecule has 0 aromatic heterocycles. The summed E-state index contributed by atoms with van der Waals surface area (Å²) in [4.78, 5) is 0. The molecule has 0 atom stereocenters. The van der Waals surface area contributed by atoms with Crippen LogP contribution < -0.4 is 0 Å². The molecule has 0 unspecified atom stereocenters. The summed E-state index contributed by atoms with van der Waals surface area (Å²) >= 11 is 0. The normalized spacial score (nSPS) is 24.3. The Morgan fingerprint density at radius 3 is 2.04 bits per heavy atom. The molecule has 0 radical (unpaired) electrons. The summed E-state index contributed by atoms with van der Waals surface area (Å²) in [6.07, 6.45) is -3.42. The van der Waals surface area contributed by atoms with Gasteiger partial charge in [0.1, 0.15) is 11.6 Å². The van der Waals surface area contributed by atoms with E-state index in [-0.39, 0.29) is 24.4 Å². The maximum atomic E-state index is 13.7. The summed E-state index contributed by atoms with van der Waals surface area (Å²) in [6, 6.07) is 11.4. The topological polar surface area (TPSA) is 20.2 Å². The minimum absolute atomic E-state index is 0.0425. The second kappa shape index (κ2) is 6.36. The zero-order valence-electron chi connectivity index (χ0n) is 13.9. The van der Waals surface area contributed by atoms with Crippen molar-refractivity contribution in [2.45, 2.75) is 44.2 Å². The van der Waals surface area contributed by atoms with Crippen LogP contribution in [0.4, 0.5) is 17.6 Å². The Hall–Kier alpha value is -2.04. The number of hydrogen-bond donors (Lipinski definition) is 1. The Bertz CT molecular complexity index is 741. The Morgan fingerprint density at radius 1 is 0.960 bits per heavy atom. The molecular weight excluding hydrogens is 332 g/mol. The van der Waals surface area contributed by atoms with E-state index in [0.29, 0.717) is 18.4 Å². The van der Waals surface area contributed by atoms with Crippen molar-refractivity contribution in [2.24, 2.45) is 5.92 Å². The standard InChI is InChI=1S/C20H20F4O/c1-13-12-16(4-7-18(13)21)19(14-2-5-17(25)6-3-14)10-8-15(9-11-19)20(22,23)24/h2-7,12,15,25H,8-11H2,1H3. The van der Waals surface area contributed by atoms with Gasteiger partial charge in [0.2, 0.25) is 0 Å². The van der Waals surface area contributed by atoms with Gasteiger partial charge in [0.25, 0.3) is 0 Å². The molecule has 5 heteroatoms. The fraction of sp³-hybridized carbons (Fsp3) is 0.400. The summed E-state index contributed by atoms with van der Waals surface area (Å²) in [5.41, 5.74) is 1.58. The highest BCUT2D eigenvalue weighted by molar-refractivity contribution is 5.43. The first-order valence-corrected chi connectivity index (χ1v) is 8.35. The van der Waals surface area contributed by atoms with Gasteiger partial charge in [-0.1, -0.05) is 24.3 Å². The monoisotopic (exact) mass is 352 g/mol. The minimum Gasteiger partial charge on any atom is -0.508 e. The number of aryl methyl sites for hydroxylation is 1. The van der Waals surface area contributed by atoms with Crippen LogP contribution >= 0.6 is 0 Å². The molecule has 0 amide bonds. The third kappa shape index (κ3) is 3.37. The van der Waals surface area contributed by atoms with Crippen molar-refractivity contribution < 1.29 is 22.7 Å². The van der Waals surface area contributed by atoms with Crippen molar-refractivity contribution in [1.29, 1.82) is 0 Å². The van der Waals surface area contributed by atoms with Gasteiger partial charge in [-0.3, -0.25) is 0 Å². The third-order valence-electron chi connectivity index (χ3n) is 5.43. The van der Waals surface area contributed by atoms with Crippen molar-refractivity contribution >= 4 is 0 Å². The van der Waals surface area contributed by atoms with Gasteiger partial charge in [0.15, 0.2) is 0 Å². The van der Waals surface area contributed by atoms with E-state index in [2.05, 4.69) is 0 Å². The summed E-state index contributed by atoms with van der Waals surface area (Å²) < 4.78 is 52.9. The molecule has 1 nitrogen and oxygen atoms in total. The number of benzene rings is 2. The Labute approximate surface area is 144 Å². The molecule has 1 aliphatic rings. The average molecular weight is 352 g/mol. The van der Waals surface area contributed by atoms with Crippen molar-refractivity contribution in [3.05, 3.63) is 65.0 Å². The molecular formula is C20H20F4O. The van der Waals surface area contributed by atoms with Crippen LogP contribution in [0.1, 0.15) is 42.4 Å². The number of halogens is 4.